The van der Waals surface area contributed by atoms with Gasteiger partial charge in [-0.3, -0.25) is 9.59 Å². The van der Waals surface area contributed by atoms with Crippen molar-refractivity contribution in [2.45, 2.75) is 44.7 Å². The van der Waals surface area contributed by atoms with Crippen molar-refractivity contribution in [3.05, 3.63) is 34.9 Å². The van der Waals surface area contributed by atoms with Crippen molar-refractivity contribution in [2.75, 3.05) is 13.7 Å². The number of benzene rings is 1. The Bertz CT molecular complexity index is 822. The van der Waals surface area contributed by atoms with Gasteiger partial charge in [-0.2, -0.15) is 13.2 Å². The molecule has 1 aromatic rings. The average molecular weight is 466 g/mol. The van der Waals surface area contributed by atoms with E-state index in [4.69, 9.17) is 25.8 Å². The molecule has 172 valence electrons. The van der Waals surface area contributed by atoms with Crippen LogP contribution in [0.5, 0.6) is 0 Å². The van der Waals surface area contributed by atoms with Crippen LogP contribution in [0.1, 0.15) is 32.4 Å². The molecule has 1 heterocycles. The van der Waals surface area contributed by atoms with Gasteiger partial charge in [-0.15, -0.1) is 0 Å². The standard InChI is InChI=1S/C20H23ClF3NO6/c1-19(2,3)31-17(27)14(25-18(28)20(22,23)24)12-9-30-15(13(12)16(26)29-4)10-5-7-11(21)8-6-10/h5-8,12-15H,9H2,1-4H3,(H,25,28)/t12-,13+,14-,15+/m0/s1. The van der Waals surface area contributed by atoms with Crippen LogP contribution in [-0.4, -0.2) is 49.4 Å². The summed E-state index contributed by atoms with van der Waals surface area (Å²) in [6, 6.07) is 4.48. The molecule has 1 saturated heterocycles. The van der Waals surface area contributed by atoms with Gasteiger partial charge in [0.05, 0.1) is 25.7 Å². The summed E-state index contributed by atoms with van der Waals surface area (Å²) in [4.78, 5) is 36.9. The average Bonchev–Trinajstić information content (AvgIpc) is 3.08. The first kappa shape index (κ1) is 24.9. The Morgan fingerprint density at radius 3 is 2.23 bits per heavy atom. The number of carbonyl (C=O) groups excluding carboxylic acids is 3. The molecule has 0 aromatic heterocycles. The maximum absolute atomic E-state index is 12.9. The summed E-state index contributed by atoms with van der Waals surface area (Å²) in [5, 5.41) is 2.09. The number of amides is 1. The van der Waals surface area contributed by atoms with Crippen LogP contribution < -0.4 is 5.32 Å². The van der Waals surface area contributed by atoms with Gasteiger partial charge in [-0.1, -0.05) is 23.7 Å². The molecule has 0 aliphatic carbocycles. The van der Waals surface area contributed by atoms with E-state index in [9.17, 15) is 27.6 Å². The molecule has 0 saturated carbocycles. The molecule has 2 rings (SSSR count). The molecule has 1 N–H and O–H groups in total. The van der Waals surface area contributed by atoms with Crippen molar-refractivity contribution < 1.29 is 41.8 Å². The van der Waals surface area contributed by atoms with Crippen LogP contribution in [0.2, 0.25) is 5.02 Å². The Morgan fingerprint density at radius 2 is 1.74 bits per heavy atom. The zero-order chi connectivity index (χ0) is 23.6. The van der Waals surface area contributed by atoms with E-state index in [-0.39, 0.29) is 6.61 Å². The van der Waals surface area contributed by atoms with E-state index in [2.05, 4.69) is 0 Å². The monoisotopic (exact) mass is 465 g/mol. The smallest absolute Gasteiger partial charge is 0.469 e. The molecule has 31 heavy (non-hydrogen) atoms. The molecule has 1 amide bonds. The van der Waals surface area contributed by atoms with E-state index in [0.717, 1.165) is 7.11 Å². The van der Waals surface area contributed by atoms with Crippen molar-refractivity contribution in [1.29, 1.82) is 0 Å². The van der Waals surface area contributed by atoms with Crippen molar-refractivity contribution in [1.82, 2.24) is 5.32 Å². The minimum absolute atomic E-state index is 0.297. The van der Waals surface area contributed by atoms with Crippen molar-refractivity contribution in [3.8, 4) is 0 Å². The topological polar surface area (TPSA) is 90.9 Å². The first-order chi connectivity index (χ1) is 14.2. The second kappa shape index (κ2) is 9.44. The van der Waals surface area contributed by atoms with Gasteiger partial charge in [0.25, 0.3) is 0 Å². The van der Waals surface area contributed by atoms with Crippen molar-refractivity contribution in [2.24, 2.45) is 11.8 Å². The molecular weight excluding hydrogens is 443 g/mol. The van der Waals surface area contributed by atoms with Gasteiger partial charge in [-0.05, 0) is 38.5 Å². The predicted molar refractivity (Wildman–Crippen MR) is 103 cm³/mol. The summed E-state index contributed by atoms with van der Waals surface area (Å²) in [5.41, 5.74) is -0.541. The molecular formula is C20H23ClF3NO6. The fourth-order valence-corrected chi connectivity index (χ4v) is 3.40. The largest absolute Gasteiger partial charge is 0.471 e. The number of carbonyl (C=O) groups is 3. The van der Waals surface area contributed by atoms with E-state index in [1.54, 1.807) is 29.6 Å². The molecule has 0 spiro atoms. The number of ether oxygens (including phenoxy) is 3. The Kier molecular flexibility index (Phi) is 7.59. The first-order valence-corrected chi connectivity index (χ1v) is 9.68. The molecule has 1 aliphatic heterocycles. The molecule has 1 fully saturated rings. The van der Waals surface area contributed by atoms with E-state index in [0.29, 0.717) is 10.6 Å². The molecule has 1 aromatic carbocycles. The summed E-state index contributed by atoms with van der Waals surface area (Å²) in [6.45, 7) is 4.27. The highest BCUT2D eigenvalue weighted by Crippen LogP contribution is 2.41. The lowest BCUT2D eigenvalue weighted by Crippen LogP contribution is -2.54. The number of esters is 2. The zero-order valence-corrected chi connectivity index (χ0v) is 18.0. The number of rotatable bonds is 5. The van der Waals surface area contributed by atoms with Gasteiger partial charge >= 0.3 is 24.0 Å². The fraction of sp³-hybridized carbons (Fsp3) is 0.550. The Balaban J connectivity index is 2.43. The van der Waals surface area contributed by atoms with Crippen LogP contribution in [0.15, 0.2) is 24.3 Å². The second-order valence-corrected chi connectivity index (χ2v) is 8.44. The van der Waals surface area contributed by atoms with E-state index in [1.165, 1.54) is 20.8 Å². The lowest BCUT2D eigenvalue weighted by molar-refractivity contribution is -0.178. The number of halogens is 4. The van der Waals surface area contributed by atoms with Crippen LogP contribution in [0, 0.1) is 11.8 Å². The molecule has 0 unspecified atom stereocenters. The van der Waals surface area contributed by atoms with Gasteiger partial charge in [0.15, 0.2) is 0 Å². The minimum atomic E-state index is -5.24. The highest BCUT2D eigenvalue weighted by atomic mass is 35.5. The van der Waals surface area contributed by atoms with Crippen LogP contribution in [-0.2, 0) is 28.6 Å². The molecule has 0 bridgehead atoms. The highest BCUT2D eigenvalue weighted by molar-refractivity contribution is 6.30. The zero-order valence-electron chi connectivity index (χ0n) is 17.3. The van der Waals surface area contributed by atoms with Crippen LogP contribution >= 0.6 is 11.6 Å². The van der Waals surface area contributed by atoms with Crippen molar-refractivity contribution >= 4 is 29.4 Å². The summed E-state index contributed by atoms with van der Waals surface area (Å²) in [7, 11) is 1.10. The molecule has 11 heteroatoms. The number of hydrogen-bond donors (Lipinski definition) is 1. The van der Waals surface area contributed by atoms with Gasteiger partial charge in [0.2, 0.25) is 0 Å². The fourth-order valence-electron chi connectivity index (χ4n) is 3.27. The lowest BCUT2D eigenvalue weighted by Gasteiger charge is -2.30. The number of nitrogens with one attached hydrogen (secondary N) is 1. The van der Waals surface area contributed by atoms with E-state index < -0.39 is 53.6 Å². The van der Waals surface area contributed by atoms with Crippen LogP contribution in [0.4, 0.5) is 13.2 Å². The highest BCUT2D eigenvalue weighted by Gasteiger charge is 2.52. The normalized spacial score (nSPS) is 22.5. The lowest BCUT2D eigenvalue weighted by atomic mass is 9.82. The summed E-state index contributed by atoms with van der Waals surface area (Å²) in [6.07, 6.45) is -6.17. The van der Waals surface area contributed by atoms with Gasteiger partial charge in [-0.25, -0.2) is 4.79 Å². The third kappa shape index (κ3) is 6.33. The molecule has 7 nitrogen and oxygen atoms in total. The summed E-state index contributed by atoms with van der Waals surface area (Å²) < 4.78 is 54.4. The van der Waals surface area contributed by atoms with Crippen molar-refractivity contribution in [3.63, 3.8) is 0 Å². The van der Waals surface area contributed by atoms with Gasteiger partial charge in [0.1, 0.15) is 11.6 Å². The minimum Gasteiger partial charge on any atom is -0.469 e. The Morgan fingerprint density at radius 1 is 1.16 bits per heavy atom. The maximum Gasteiger partial charge on any atom is 0.471 e. The third-order valence-electron chi connectivity index (χ3n) is 4.56. The SMILES string of the molecule is COC(=O)[C@@H]1[C@@H]([C@H](NC(=O)C(F)(F)F)C(=O)OC(C)(C)C)CO[C@@H]1c1ccc(Cl)cc1. The number of alkyl halides is 3. The van der Waals surface area contributed by atoms with Gasteiger partial charge < -0.3 is 19.5 Å². The molecule has 0 radical (unpaired) electrons. The van der Waals surface area contributed by atoms with Crippen LogP contribution in [0.25, 0.3) is 0 Å². The Hall–Kier alpha value is -2.33. The maximum atomic E-state index is 12.9. The van der Waals surface area contributed by atoms with E-state index >= 15 is 0 Å². The van der Waals surface area contributed by atoms with E-state index in [1.807, 2.05) is 0 Å². The summed E-state index contributed by atoms with van der Waals surface area (Å²) in [5.74, 6) is -6.62. The first-order valence-electron chi connectivity index (χ1n) is 9.30. The predicted octanol–water partition coefficient (Wildman–Crippen LogP) is 3.21. The second-order valence-electron chi connectivity index (χ2n) is 8.00. The number of methoxy groups -OCH3 is 1. The van der Waals surface area contributed by atoms with Crippen LogP contribution in [0.3, 0.4) is 0 Å². The van der Waals surface area contributed by atoms with Gasteiger partial charge in [0, 0.05) is 10.9 Å². The molecule has 1 aliphatic rings. The Labute approximate surface area is 182 Å². The number of hydrogen-bond acceptors (Lipinski definition) is 6. The summed E-state index contributed by atoms with van der Waals surface area (Å²) >= 11 is 5.88. The quantitative estimate of drug-likeness (QED) is 0.671. The molecule has 4 atom stereocenters. The third-order valence-corrected chi connectivity index (χ3v) is 4.81.